The molecule has 0 saturated heterocycles. The van der Waals surface area contributed by atoms with Gasteiger partial charge < -0.3 is 5.73 Å². The molecule has 2 heteroatoms. The number of anilines is 1. The first kappa shape index (κ1) is 9.95. The second kappa shape index (κ2) is 4.79. The third kappa shape index (κ3) is 2.68. The lowest BCUT2D eigenvalue weighted by atomic mass is 10.1. The number of halogens is 1. The Morgan fingerprint density at radius 1 is 1.46 bits per heavy atom. The van der Waals surface area contributed by atoms with Gasteiger partial charge in [0, 0.05) is 11.3 Å². The van der Waals surface area contributed by atoms with Crippen LogP contribution in [0.25, 0.3) is 0 Å². The summed E-state index contributed by atoms with van der Waals surface area (Å²) >= 11 is 5.46. The van der Waals surface area contributed by atoms with Gasteiger partial charge in [0.2, 0.25) is 0 Å². The largest absolute Gasteiger partial charge is 0.398 e. The molecule has 2 N–H and O–H groups in total. The Hall–Kier alpha value is -1.13. The highest BCUT2D eigenvalue weighted by molar-refractivity contribution is 6.19. The number of alkyl halides is 1. The van der Waals surface area contributed by atoms with Gasteiger partial charge in [-0.05, 0) is 24.1 Å². The lowest BCUT2D eigenvalue weighted by Crippen LogP contribution is -1.92. The Morgan fingerprint density at radius 3 is 2.85 bits per heavy atom. The molecule has 68 valence electrons. The molecular weight excluding hydrogens is 182 g/mol. The molecule has 0 atom stereocenters. The summed E-state index contributed by atoms with van der Waals surface area (Å²) in [6.07, 6.45) is 0.996. The van der Waals surface area contributed by atoms with Crippen LogP contribution in [0.2, 0.25) is 0 Å². The molecule has 0 aromatic heterocycles. The fourth-order valence-corrected chi connectivity index (χ4v) is 1.13. The minimum atomic E-state index is 0.343. The molecule has 0 amide bonds. The highest BCUT2D eigenvalue weighted by Gasteiger charge is 1.96. The normalized spacial score (nSPS) is 9.08. The monoisotopic (exact) mass is 193 g/mol. The average Bonchev–Trinajstić information content (AvgIpc) is 2.17. The predicted octanol–water partition coefficient (Wildman–Crippen LogP) is 2.42. The van der Waals surface area contributed by atoms with E-state index in [9.17, 15) is 0 Å². The number of hydrogen-bond donors (Lipinski definition) is 1. The lowest BCUT2D eigenvalue weighted by molar-refractivity contribution is 1.14. The third-order valence-electron chi connectivity index (χ3n) is 1.82. The van der Waals surface area contributed by atoms with Crippen molar-refractivity contribution in [1.29, 1.82) is 0 Å². The molecule has 0 heterocycles. The molecule has 0 bridgehead atoms. The second-order valence-corrected chi connectivity index (χ2v) is 2.98. The molecule has 1 nitrogen and oxygen atoms in total. The third-order valence-corrected chi connectivity index (χ3v) is 1.95. The van der Waals surface area contributed by atoms with Gasteiger partial charge in [-0.1, -0.05) is 24.8 Å². The van der Waals surface area contributed by atoms with Crippen molar-refractivity contribution >= 4 is 17.3 Å². The Morgan fingerprint density at radius 2 is 2.23 bits per heavy atom. The van der Waals surface area contributed by atoms with Crippen LogP contribution in [0.15, 0.2) is 18.2 Å². The van der Waals surface area contributed by atoms with Gasteiger partial charge in [0.25, 0.3) is 0 Å². The van der Waals surface area contributed by atoms with Crippen molar-refractivity contribution in [2.75, 3.05) is 11.6 Å². The smallest absolute Gasteiger partial charge is 0.0839 e. The van der Waals surface area contributed by atoms with Crippen LogP contribution >= 0.6 is 11.6 Å². The predicted molar refractivity (Wildman–Crippen MR) is 57.8 cm³/mol. The van der Waals surface area contributed by atoms with Gasteiger partial charge in [-0.2, -0.15) is 0 Å². The van der Waals surface area contributed by atoms with Crippen LogP contribution < -0.4 is 5.73 Å². The van der Waals surface area contributed by atoms with Gasteiger partial charge in [-0.25, -0.2) is 0 Å². The lowest BCUT2D eigenvalue weighted by Gasteiger charge is -2.00. The van der Waals surface area contributed by atoms with Crippen molar-refractivity contribution < 1.29 is 0 Å². The van der Waals surface area contributed by atoms with Gasteiger partial charge in [-0.15, -0.1) is 11.6 Å². The van der Waals surface area contributed by atoms with E-state index in [2.05, 4.69) is 18.8 Å². The number of aryl methyl sites for hydroxylation is 1. The average molecular weight is 194 g/mol. The van der Waals surface area contributed by atoms with Gasteiger partial charge in [0.15, 0.2) is 0 Å². The van der Waals surface area contributed by atoms with Gasteiger partial charge in [0.1, 0.15) is 0 Å². The van der Waals surface area contributed by atoms with Crippen LogP contribution in [0.1, 0.15) is 18.1 Å². The van der Waals surface area contributed by atoms with Gasteiger partial charge in [-0.3, -0.25) is 0 Å². The van der Waals surface area contributed by atoms with Gasteiger partial charge in [0.05, 0.1) is 5.88 Å². The van der Waals surface area contributed by atoms with Crippen LogP contribution in [-0.4, -0.2) is 5.88 Å². The summed E-state index contributed by atoms with van der Waals surface area (Å²) in [4.78, 5) is 0. The molecule has 0 fully saturated rings. The van der Waals surface area contributed by atoms with E-state index in [1.54, 1.807) is 0 Å². The zero-order valence-corrected chi connectivity index (χ0v) is 8.36. The minimum Gasteiger partial charge on any atom is -0.398 e. The van der Waals surface area contributed by atoms with Crippen LogP contribution in [0.5, 0.6) is 0 Å². The molecule has 1 aromatic rings. The van der Waals surface area contributed by atoms with Crippen LogP contribution in [0.3, 0.4) is 0 Å². The zero-order chi connectivity index (χ0) is 9.68. The molecule has 0 aliphatic carbocycles. The van der Waals surface area contributed by atoms with Crippen molar-refractivity contribution in [3.8, 4) is 11.8 Å². The maximum atomic E-state index is 5.74. The Balaban J connectivity index is 3.04. The van der Waals surface area contributed by atoms with Gasteiger partial charge >= 0.3 is 0 Å². The molecule has 0 spiro atoms. The van der Waals surface area contributed by atoms with E-state index in [1.807, 2.05) is 18.2 Å². The van der Waals surface area contributed by atoms with Crippen molar-refractivity contribution in [3.05, 3.63) is 29.3 Å². The molecule has 0 aliphatic rings. The summed E-state index contributed by atoms with van der Waals surface area (Å²) in [6.45, 7) is 2.10. The summed E-state index contributed by atoms with van der Waals surface area (Å²) in [5, 5.41) is 0. The van der Waals surface area contributed by atoms with E-state index >= 15 is 0 Å². The Labute approximate surface area is 83.9 Å². The molecule has 1 aromatic carbocycles. The molecule has 0 radical (unpaired) electrons. The number of benzene rings is 1. The fraction of sp³-hybridized carbons (Fsp3) is 0.273. The molecular formula is C11H12ClN. The number of nitrogen functional groups attached to an aromatic ring is 1. The van der Waals surface area contributed by atoms with Crippen molar-refractivity contribution in [2.45, 2.75) is 13.3 Å². The van der Waals surface area contributed by atoms with E-state index in [0.717, 1.165) is 17.7 Å². The quantitative estimate of drug-likeness (QED) is 0.414. The summed E-state index contributed by atoms with van der Waals surface area (Å²) in [7, 11) is 0. The molecule has 0 unspecified atom stereocenters. The first-order valence-electron chi connectivity index (χ1n) is 4.21. The summed E-state index contributed by atoms with van der Waals surface area (Å²) < 4.78 is 0. The van der Waals surface area contributed by atoms with Crippen molar-refractivity contribution in [3.63, 3.8) is 0 Å². The number of hydrogen-bond acceptors (Lipinski definition) is 1. The standard InChI is InChI=1S/C11H12ClN/c1-2-9-5-6-11(13)10(8-9)4-3-7-12/h5-6,8H,2,7,13H2,1H3. The first-order chi connectivity index (χ1) is 6.27. The summed E-state index contributed by atoms with van der Waals surface area (Å²) in [5.74, 6) is 6.07. The van der Waals surface area contributed by atoms with Crippen molar-refractivity contribution in [1.82, 2.24) is 0 Å². The van der Waals surface area contributed by atoms with Crippen LogP contribution in [0, 0.1) is 11.8 Å². The maximum Gasteiger partial charge on any atom is 0.0839 e. The molecule has 13 heavy (non-hydrogen) atoms. The van der Waals surface area contributed by atoms with E-state index < -0.39 is 0 Å². The fourth-order valence-electron chi connectivity index (χ4n) is 1.06. The zero-order valence-electron chi connectivity index (χ0n) is 7.60. The number of rotatable bonds is 1. The van der Waals surface area contributed by atoms with Crippen LogP contribution in [0.4, 0.5) is 5.69 Å². The Bertz CT molecular complexity index is 347. The van der Waals surface area contributed by atoms with Crippen molar-refractivity contribution in [2.24, 2.45) is 0 Å². The first-order valence-corrected chi connectivity index (χ1v) is 4.74. The minimum absolute atomic E-state index is 0.343. The second-order valence-electron chi connectivity index (χ2n) is 2.71. The highest BCUT2D eigenvalue weighted by Crippen LogP contribution is 2.13. The van der Waals surface area contributed by atoms with E-state index in [-0.39, 0.29) is 0 Å². The SMILES string of the molecule is CCc1ccc(N)c(C#CCCl)c1. The van der Waals surface area contributed by atoms with E-state index in [4.69, 9.17) is 17.3 Å². The summed E-state index contributed by atoms with van der Waals surface area (Å²) in [6, 6.07) is 5.91. The summed E-state index contributed by atoms with van der Waals surface area (Å²) in [5.41, 5.74) is 8.58. The Kier molecular flexibility index (Phi) is 3.67. The molecule has 0 saturated carbocycles. The van der Waals surface area contributed by atoms with E-state index in [0.29, 0.717) is 5.88 Å². The molecule has 0 aliphatic heterocycles. The van der Waals surface area contributed by atoms with E-state index in [1.165, 1.54) is 5.56 Å². The maximum absolute atomic E-state index is 5.74. The van der Waals surface area contributed by atoms with Crippen LogP contribution in [-0.2, 0) is 6.42 Å². The number of nitrogens with two attached hydrogens (primary N) is 1. The topological polar surface area (TPSA) is 26.0 Å². The highest BCUT2D eigenvalue weighted by atomic mass is 35.5. The molecule has 1 rings (SSSR count).